The van der Waals surface area contributed by atoms with E-state index in [1.54, 1.807) is 13.0 Å². The van der Waals surface area contributed by atoms with E-state index in [-0.39, 0.29) is 35.8 Å². The number of fused-ring (bicyclic) bond motifs is 1. The van der Waals surface area contributed by atoms with Gasteiger partial charge < -0.3 is 19.9 Å². The Balaban J connectivity index is 1.26. The molecule has 0 spiro atoms. The topological polar surface area (TPSA) is 99.3 Å². The first-order valence-electron chi connectivity index (χ1n) is 12.1. The van der Waals surface area contributed by atoms with E-state index in [4.69, 9.17) is 16.3 Å². The molecule has 2 aromatic rings. The molecule has 0 aliphatic carbocycles. The number of benzene rings is 2. The minimum atomic E-state index is -3.84. The highest BCUT2D eigenvalue weighted by Crippen LogP contribution is 2.35. The number of ether oxygens (including phenoxy) is 1. The van der Waals surface area contributed by atoms with Gasteiger partial charge in [-0.15, -0.1) is 0 Å². The maximum Gasteiger partial charge on any atom is 0.262 e. The Bertz CT molecular complexity index is 1290. The summed E-state index contributed by atoms with van der Waals surface area (Å²) in [6.45, 7) is 4.63. The van der Waals surface area contributed by atoms with Gasteiger partial charge in [0.25, 0.3) is 5.91 Å². The van der Waals surface area contributed by atoms with Gasteiger partial charge in [-0.1, -0.05) is 17.7 Å². The van der Waals surface area contributed by atoms with Crippen molar-refractivity contribution in [2.75, 3.05) is 56.1 Å². The van der Waals surface area contributed by atoms with Gasteiger partial charge in [0.15, 0.2) is 6.61 Å². The number of rotatable bonds is 4. The zero-order valence-electron chi connectivity index (χ0n) is 20.1. The van der Waals surface area contributed by atoms with Crippen molar-refractivity contribution in [2.45, 2.75) is 24.7 Å². The number of carbonyl (C=O) groups is 2. The van der Waals surface area contributed by atoms with Gasteiger partial charge in [0.05, 0.1) is 16.5 Å². The van der Waals surface area contributed by atoms with Gasteiger partial charge in [0.1, 0.15) is 5.75 Å². The molecule has 1 atom stereocenters. The fraction of sp³-hybridized carbons (Fsp3) is 0.440. The molecule has 0 unspecified atom stereocenters. The Kier molecular flexibility index (Phi) is 6.84. The van der Waals surface area contributed by atoms with E-state index >= 15 is 0 Å². The fourth-order valence-electron chi connectivity index (χ4n) is 5.11. The Hall–Kier alpha value is -2.82. The lowest BCUT2D eigenvalue weighted by Gasteiger charge is -2.39. The second-order valence-electron chi connectivity index (χ2n) is 9.45. The van der Waals surface area contributed by atoms with Crippen LogP contribution in [0.4, 0.5) is 11.4 Å². The number of aryl methyl sites for hydroxylation is 1. The molecule has 11 heteroatoms. The van der Waals surface area contributed by atoms with Crippen molar-refractivity contribution in [1.82, 2.24) is 9.21 Å². The number of amides is 2. The van der Waals surface area contributed by atoms with Crippen molar-refractivity contribution in [3.05, 3.63) is 47.0 Å². The summed E-state index contributed by atoms with van der Waals surface area (Å²) in [5.74, 6) is -0.308. The quantitative estimate of drug-likeness (QED) is 0.650. The normalized spacial score (nSPS) is 20.9. The molecule has 0 radical (unpaired) electrons. The number of anilines is 2. The van der Waals surface area contributed by atoms with Crippen LogP contribution in [0.1, 0.15) is 18.4 Å². The van der Waals surface area contributed by atoms with Crippen molar-refractivity contribution in [3.63, 3.8) is 0 Å². The maximum absolute atomic E-state index is 13.6. The highest BCUT2D eigenvalue weighted by Gasteiger charge is 2.37. The summed E-state index contributed by atoms with van der Waals surface area (Å²) in [5.41, 5.74) is 2.02. The van der Waals surface area contributed by atoms with E-state index in [2.05, 4.69) is 10.2 Å². The Morgan fingerprint density at radius 3 is 2.64 bits per heavy atom. The monoisotopic (exact) mass is 532 g/mol. The number of nitrogens with one attached hydrogen (secondary N) is 1. The Labute approximate surface area is 216 Å². The second-order valence-corrected chi connectivity index (χ2v) is 11.8. The van der Waals surface area contributed by atoms with Crippen LogP contribution in [0.3, 0.4) is 0 Å². The number of hydrogen-bond acceptors (Lipinski definition) is 6. The number of hydrogen-bond donors (Lipinski definition) is 1. The lowest BCUT2D eigenvalue weighted by molar-refractivity contribution is -0.137. The van der Waals surface area contributed by atoms with Crippen LogP contribution in [-0.4, -0.2) is 75.3 Å². The van der Waals surface area contributed by atoms with Gasteiger partial charge in [-0.3, -0.25) is 9.59 Å². The van der Waals surface area contributed by atoms with Gasteiger partial charge in [-0.25, -0.2) is 8.42 Å². The van der Waals surface area contributed by atoms with Crippen LogP contribution in [0, 0.1) is 12.8 Å². The molecular weight excluding hydrogens is 504 g/mol. The van der Waals surface area contributed by atoms with Crippen molar-refractivity contribution in [3.8, 4) is 5.75 Å². The smallest absolute Gasteiger partial charge is 0.262 e. The van der Waals surface area contributed by atoms with E-state index in [0.717, 1.165) is 5.69 Å². The van der Waals surface area contributed by atoms with Gasteiger partial charge in [0.2, 0.25) is 15.9 Å². The molecule has 9 nitrogen and oxygen atoms in total. The third kappa shape index (κ3) is 4.89. The molecule has 5 rings (SSSR count). The Morgan fingerprint density at radius 1 is 1.11 bits per heavy atom. The first-order chi connectivity index (χ1) is 17.2. The zero-order valence-corrected chi connectivity index (χ0v) is 21.6. The summed E-state index contributed by atoms with van der Waals surface area (Å²) in [7, 11) is -3.84. The molecule has 2 saturated heterocycles. The van der Waals surface area contributed by atoms with Crippen molar-refractivity contribution >= 4 is 44.8 Å². The molecule has 2 amide bonds. The summed E-state index contributed by atoms with van der Waals surface area (Å²) in [5, 5.41) is 3.38. The van der Waals surface area contributed by atoms with Crippen molar-refractivity contribution in [1.29, 1.82) is 0 Å². The van der Waals surface area contributed by atoms with Gasteiger partial charge in [-0.05, 0) is 49.6 Å². The first kappa shape index (κ1) is 24.9. The Morgan fingerprint density at radius 2 is 1.89 bits per heavy atom. The van der Waals surface area contributed by atoms with E-state index in [1.807, 2.05) is 29.2 Å². The molecule has 0 bridgehead atoms. The second kappa shape index (κ2) is 9.91. The number of carbonyl (C=O) groups excluding carboxylic acids is 2. The minimum Gasteiger partial charge on any atom is -0.482 e. The van der Waals surface area contributed by atoms with Crippen LogP contribution in [0.25, 0.3) is 0 Å². The summed E-state index contributed by atoms with van der Waals surface area (Å²) >= 11 is 6.12. The third-order valence-electron chi connectivity index (χ3n) is 7.03. The summed E-state index contributed by atoms with van der Waals surface area (Å²) < 4.78 is 34.0. The van der Waals surface area contributed by atoms with Crippen molar-refractivity contribution < 1.29 is 22.7 Å². The number of halogens is 1. The molecule has 2 aromatic carbocycles. The average molecular weight is 533 g/mol. The lowest BCUT2D eigenvalue weighted by Crippen LogP contribution is -2.53. The van der Waals surface area contributed by atoms with E-state index in [9.17, 15) is 18.0 Å². The van der Waals surface area contributed by atoms with Gasteiger partial charge >= 0.3 is 0 Å². The summed E-state index contributed by atoms with van der Waals surface area (Å²) in [6.07, 6.45) is 1.28. The van der Waals surface area contributed by atoms with Crippen LogP contribution < -0.4 is 15.0 Å². The van der Waals surface area contributed by atoms with Crippen LogP contribution in [-0.2, 0) is 19.6 Å². The fourth-order valence-corrected chi connectivity index (χ4v) is 7.04. The average Bonchev–Trinajstić information content (AvgIpc) is 2.88. The predicted octanol–water partition coefficient (Wildman–Crippen LogP) is 2.73. The largest absolute Gasteiger partial charge is 0.482 e. The van der Waals surface area contributed by atoms with Gasteiger partial charge in [0, 0.05) is 56.0 Å². The van der Waals surface area contributed by atoms with E-state index in [1.165, 1.54) is 10.4 Å². The van der Waals surface area contributed by atoms with Crippen LogP contribution >= 0.6 is 11.6 Å². The predicted molar refractivity (Wildman–Crippen MR) is 137 cm³/mol. The minimum absolute atomic E-state index is 0.00820. The molecule has 0 saturated carbocycles. The summed E-state index contributed by atoms with van der Waals surface area (Å²) in [6, 6.07) is 10.8. The maximum atomic E-state index is 13.6. The molecule has 1 N–H and O–H groups in total. The molecule has 0 aromatic heterocycles. The molecule has 2 fully saturated rings. The summed E-state index contributed by atoms with van der Waals surface area (Å²) in [4.78, 5) is 29.1. The number of piperidine rings is 1. The highest BCUT2D eigenvalue weighted by molar-refractivity contribution is 7.89. The van der Waals surface area contributed by atoms with Crippen LogP contribution in [0.2, 0.25) is 5.02 Å². The molecule has 3 heterocycles. The molecule has 3 aliphatic heterocycles. The molecule has 3 aliphatic rings. The first-order valence-corrected chi connectivity index (χ1v) is 13.9. The molecular formula is C25H29ClN4O5S. The number of sulfonamides is 1. The standard InChI is InChI=1S/C25H29ClN4O5S/c1-17-12-21-22(35-16-24(31)27-21)14-23(17)36(33,34)30-7-3-4-18(15-30)25(32)29-10-8-28(9-11-29)20-6-2-5-19(26)13-20/h2,5-6,12-14,18H,3-4,7-11,15-16H2,1H3,(H,27,31)/t18-/m0/s1. The zero-order chi connectivity index (χ0) is 25.4. The third-order valence-corrected chi connectivity index (χ3v) is 9.27. The van der Waals surface area contributed by atoms with Crippen LogP contribution in [0.5, 0.6) is 5.75 Å². The van der Waals surface area contributed by atoms with Gasteiger partial charge in [-0.2, -0.15) is 4.31 Å². The molecule has 36 heavy (non-hydrogen) atoms. The SMILES string of the molecule is Cc1cc2c(cc1S(=O)(=O)N1CCC[C@H](C(=O)N3CCN(c4cccc(Cl)c4)CC3)C1)OCC(=O)N2. The van der Waals surface area contributed by atoms with Crippen molar-refractivity contribution in [2.24, 2.45) is 5.92 Å². The van der Waals surface area contributed by atoms with E-state index in [0.29, 0.717) is 67.6 Å². The highest BCUT2D eigenvalue weighted by atomic mass is 35.5. The lowest BCUT2D eigenvalue weighted by atomic mass is 9.97. The molecule has 192 valence electrons. The number of piperazine rings is 1. The van der Waals surface area contributed by atoms with E-state index < -0.39 is 10.0 Å². The number of nitrogens with zero attached hydrogens (tertiary/aromatic N) is 3. The van der Waals surface area contributed by atoms with Crippen LogP contribution in [0.15, 0.2) is 41.3 Å².